The fourth-order valence-corrected chi connectivity index (χ4v) is 3.00. The number of ether oxygens (including phenoxy) is 2. The van der Waals surface area contributed by atoms with Gasteiger partial charge in [-0.2, -0.15) is 5.10 Å². The molecule has 5 heteroatoms. The maximum absolute atomic E-state index is 10.8. The quantitative estimate of drug-likeness (QED) is 0.940. The van der Waals surface area contributed by atoms with Crippen molar-refractivity contribution < 1.29 is 14.6 Å². The molecule has 0 fully saturated rings. The summed E-state index contributed by atoms with van der Waals surface area (Å²) >= 11 is 0. The van der Waals surface area contributed by atoms with Crippen LogP contribution < -0.4 is 9.47 Å². The maximum atomic E-state index is 10.8. The third-order valence-electron chi connectivity index (χ3n) is 3.94. The van der Waals surface area contributed by atoms with Gasteiger partial charge in [-0.3, -0.25) is 0 Å². The van der Waals surface area contributed by atoms with Gasteiger partial charge in [0, 0.05) is 12.6 Å². The van der Waals surface area contributed by atoms with Gasteiger partial charge in [0.25, 0.3) is 0 Å². The standard InChI is InChI=1S/C16H20N2O3/c1-10-13(16(20-3)18(2)17-10)14(19)12-8-4-6-11-7-5-9-21-15(11)12/h4,6,8,14,19H,5,7,9H2,1-3H3. The van der Waals surface area contributed by atoms with Crippen molar-refractivity contribution in [2.75, 3.05) is 13.7 Å². The molecule has 0 saturated carbocycles. The van der Waals surface area contributed by atoms with Crippen molar-refractivity contribution in [2.24, 2.45) is 7.05 Å². The van der Waals surface area contributed by atoms with E-state index in [0.717, 1.165) is 35.4 Å². The Morgan fingerprint density at radius 2 is 2.24 bits per heavy atom. The van der Waals surface area contributed by atoms with Crippen LogP contribution in [0.2, 0.25) is 0 Å². The molecule has 1 N–H and O–H groups in total. The topological polar surface area (TPSA) is 56.5 Å². The summed E-state index contributed by atoms with van der Waals surface area (Å²) < 4.78 is 12.8. The van der Waals surface area contributed by atoms with Gasteiger partial charge in [0.1, 0.15) is 11.9 Å². The molecule has 0 amide bonds. The first-order chi connectivity index (χ1) is 10.1. The average molecular weight is 288 g/mol. The highest BCUT2D eigenvalue weighted by Gasteiger charge is 2.27. The number of benzene rings is 1. The van der Waals surface area contributed by atoms with Crippen molar-refractivity contribution in [2.45, 2.75) is 25.9 Å². The molecule has 0 saturated heterocycles. The molecular formula is C16H20N2O3. The summed E-state index contributed by atoms with van der Waals surface area (Å²) in [5.74, 6) is 1.38. The lowest BCUT2D eigenvalue weighted by Gasteiger charge is -2.23. The van der Waals surface area contributed by atoms with Crippen LogP contribution in [0.4, 0.5) is 0 Å². The van der Waals surface area contributed by atoms with Crippen LogP contribution in [0, 0.1) is 6.92 Å². The number of hydrogen-bond acceptors (Lipinski definition) is 4. The van der Waals surface area contributed by atoms with Gasteiger partial charge in [0.05, 0.1) is 25.0 Å². The molecule has 112 valence electrons. The second-order valence-electron chi connectivity index (χ2n) is 5.32. The number of methoxy groups -OCH3 is 1. The Morgan fingerprint density at radius 1 is 1.43 bits per heavy atom. The van der Waals surface area contributed by atoms with Gasteiger partial charge in [0.2, 0.25) is 5.88 Å². The summed E-state index contributed by atoms with van der Waals surface area (Å²) in [7, 11) is 3.39. The molecule has 2 aromatic rings. The molecule has 1 unspecified atom stereocenters. The van der Waals surface area contributed by atoms with Crippen LogP contribution in [0.3, 0.4) is 0 Å². The summed E-state index contributed by atoms with van der Waals surface area (Å²) in [6.45, 7) is 2.57. The van der Waals surface area contributed by atoms with E-state index < -0.39 is 6.10 Å². The van der Waals surface area contributed by atoms with E-state index in [0.29, 0.717) is 18.1 Å². The van der Waals surface area contributed by atoms with Crippen molar-refractivity contribution in [3.05, 3.63) is 40.6 Å². The minimum Gasteiger partial charge on any atom is -0.493 e. The van der Waals surface area contributed by atoms with Gasteiger partial charge >= 0.3 is 0 Å². The number of rotatable bonds is 3. The predicted molar refractivity (Wildman–Crippen MR) is 78.8 cm³/mol. The van der Waals surface area contributed by atoms with Gasteiger partial charge in [-0.15, -0.1) is 0 Å². The van der Waals surface area contributed by atoms with Gasteiger partial charge in [-0.1, -0.05) is 18.2 Å². The van der Waals surface area contributed by atoms with E-state index in [1.807, 2.05) is 19.1 Å². The number of aryl methyl sites for hydroxylation is 3. The summed E-state index contributed by atoms with van der Waals surface area (Å²) in [6, 6.07) is 5.92. The van der Waals surface area contributed by atoms with Crippen LogP contribution in [-0.2, 0) is 13.5 Å². The Kier molecular flexibility index (Phi) is 3.59. The highest BCUT2D eigenvalue weighted by Crippen LogP contribution is 2.39. The van der Waals surface area contributed by atoms with E-state index in [2.05, 4.69) is 11.2 Å². The second-order valence-corrected chi connectivity index (χ2v) is 5.32. The van der Waals surface area contributed by atoms with Gasteiger partial charge < -0.3 is 14.6 Å². The van der Waals surface area contributed by atoms with E-state index >= 15 is 0 Å². The molecule has 3 rings (SSSR count). The van der Waals surface area contributed by atoms with E-state index in [9.17, 15) is 5.11 Å². The van der Waals surface area contributed by atoms with Crippen LogP contribution in [0.15, 0.2) is 18.2 Å². The summed E-state index contributed by atoms with van der Waals surface area (Å²) in [5.41, 5.74) is 3.39. The first kappa shape index (κ1) is 13.9. The van der Waals surface area contributed by atoms with Crippen molar-refractivity contribution in [1.82, 2.24) is 9.78 Å². The Morgan fingerprint density at radius 3 is 3.00 bits per heavy atom. The first-order valence-corrected chi connectivity index (χ1v) is 7.13. The highest BCUT2D eigenvalue weighted by atomic mass is 16.5. The molecule has 2 heterocycles. The molecule has 21 heavy (non-hydrogen) atoms. The van der Waals surface area contributed by atoms with Crippen LogP contribution in [0.25, 0.3) is 0 Å². The van der Waals surface area contributed by atoms with Gasteiger partial charge in [-0.05, 0) is 25.3 Å². The maximum Gasteiger partial charge on any atom is 0.217 e. The van der Waals surface area contributed by atoms with Crippen molar-refractivity contribution in [1.29, 1.82) is 0 Å². The summed E-state index contributed by atoms with van der Waals surface area (Å²) in [6.07, 6.45) is 1.20. The third-order valence-corrected chi connectivity index (χ3v) is 3.94. The molecule has 1 atom stereocenters. The SMILES string of the molecule is COc1c(C(O)c2cccc3c2OCCC3)c(C)nn1C. The lowest BCUT2D eigenvalue weighted by atomic mass is 9.95. The molecule has 5 nitrogen and oxygen atoms in total. The second kappa shape index (κ2) is 5.41. The number of aliphatic hydroxyl groups is 1. The molecular weight excluding hydrogens is 268 g/mol. The number of hydrogen-bond donors (Lipinski definition) is 1. The van der Waals surface area contributed by atoms with Crippen molar-refractivity contribution in [3.8, 4) is 11.6 Å². The smallest absolute Gasteiger partial charge is 0.217 e. The Hall–Kier alpha value is -2.01. The summed E-state index contributed by atoms with van der Waals surface area (Å²) in [4.78, 5) is 0. The number of aliphatic hydroxyl groups excluding tert-OH is 1. The number of para-hydroxylation sites is 1. The zero-order chi connectivity index (χ0) is 15.0. The number of aromatic nitrogens is 2. The molecule has 0 spiro atoms. The minimum absolute atomic E-state index is 0.577. The normalized spacial score (nSPS) is 15.2. The van der Waals surface area contributed by atoms with Crippen LogP contribution in [0.5, 0.6) is 11.6 Å². The van der Waals surface area contributed by atoms with E-state index in [1.165, 1.54) is 0 Å². The molecule has 1 aliphatic rings. The molecule has 1 aliphatic heterocycles. The Labute approximate surface area is 124 Å². The van der Waals surface area contributed by atoms with Crippen LogP contribution >= 0.6 is 0 Å². The van der Waals surface area contributed by atoms with Gasteiger partial charge in [-0.25, -0.2) is 4.68 Å². The third kappa shape index (κ3) is 2.27. The fraction of sp³-hybridized carbons (Fsp3) is 0.438. The van der Waals surface area contributed by atoms with E-state index in [4.69, 9.17) is 9.47 Å². The van der Waals surface area contributed by atoms with E-state index in [1.54, 1.807) is 18.8 Å². The summed E-state index contributed by atoms with van der Waals surface area (Å²) in [5, 5.41) is 15.2. The number of fused-ring (bicyclic) bond motifs is 1. The first-order valence-electron chi connectivity index (χ1n) is 7.13. The van der Waals surface area contributed by atoms with E-state index in [-0.39, 0.29) is 0 Å². The lowest BCUT2D eigenvalue weighted by molar-refractivity contribution is 0.201. The average Bonchev–Trinajstić information content (AvgIpc) is 2.79. The predicted octanol–water partition coefficient (Wildman–Crippen LogP) is 2.14. The Bertz CT molecular complexity index is 664. The zero-order valence-electron chi connectivity index (χ0n) is 12.6. The minimum atomic E-state index is -0.804. The molecule has 0 radical (unpaired) electrons. The largest absolute Gasteiger partial charge is 0.493 e. The van der Waals surface area contributed by atoms with Crippen molar-refractivity contribution in [3.63, 3.8) is 0 Å². The highest BCUT2D eigenvalue weighted by molar-refractivity contribution is 5.49. The number of nitrogens with zero attached hydrogens (tertiary/aromatic N) is 2. The lowest BCUT2D eigenvalue weighted by Crippen LogP contribution is -2.13. The monoisotopic (exact) mass is 288 g/mol. The van der Waals surface area contributed by atoms with Crippen molar-refractivity contribution >= 4 is 0 Å². The fourth-order valence-electron chi connectivity index (χ4n) is 3.00. The van der Waals surface area contributed by atoms with Crippen LogP contribution in [-0.4, -0.2) is 28.6 Å². The zero-order valence-corrected chi connectivity index (χ0v) is 12.6. The molecule has 0 bridgehead atoms. The molecule has 1 aromatic carbocycles. The Balaban J connectivity index is 2.09. The van der Waals surface area contributed by atoms with Crippen LogP contribution in [0.1, 0.15) is 34.9 Å². The van der Waals surface area contributed by atoms with Gasteiger partial charge in [0.15, 0.2) is 0 Å². The molecule has 1 aromatic heterocycles. The molecule has 0 aliphatic carbocycles.